The van der Waals surface area contributed by atoms with E-state index in [0.717, 1.165) is 41.5 Å². The summed E-state index contributed by atoms with van der Waals surface area (Å²) in [6.45, 7) is 4.35. The lowest BCUT2D eigenvalue weighted by Crippen LogP contribution is -2.16. The highest BCUT2D eigenvalue weighted by Gasteiger charge is 2.05. The van der Waals surface area contributed by atoms with Crippen LogP contribution in [0.15, 0.2) is 30.3 Å². The van der Waals surface area contributed by atoms with E-state index in [1.807, 2.05) is 18.2 Å². The van der Waals surface area contributed by atoms with Crippen LogP contribution in [0.1, 0.15) is 24.8 Å². The standard InChI is InChI=1S/C14H19N3S/c1-2-10-15-11-6-9-13-16-17-14(18-13)12-7-4-3-5-8-12/h3-5,7-8,15H,2,6,9-11H2,1H3. The van der Waals surface area contributed by atoms with Gasteiger partial charge in [-0.3, -0.25) is 0 Å². The van der Waals surface area contributed by atoms with Crippen LogP contribution in [-0.4, -0.2) is 23.3 Å². The molecule has 3 nitrogen and oxygen atoms in total. The van der Waals surface area contributed by atoms with E-state index >= 15 is 0 Å². The smallest absolute Gasteiger partial charge is 0.147 e. The SMILES string of the molecule is CCCNCCCc1nnc(-c2ccccc2)s1. The van der Waals surface area contributed by atoms with Gasteiger partial charge in [0.15, 0.2) is 0 Å². The molecule has 0 atom stereocenters. The Balaban J connectivity index is 1.83. The number of aromatic nitrogens is 2. The van der Waals surface area contributed by atoms with Gasteiger partial charge < -0.3 is 5.32 Å². The van der Waals surface area contributed by atoms with Gasteiger partial charge in [0, 0.05) is 12.0 Å². The molecule has 0 fully saturated rings. The molecule has 0 aliphatic heterocycles. The maximum atomic E-state index is 4.25. The zero-order valence-corrected chi connectivity index (χ0v) is 11.5. The lowest BCUT2D eigenvalue weighted by Gasteiger charge is -1.99. The van der Waals surface area contributed by atoms with E-state index in [0.29, 0.717) is 0 Å². The minimum Gasteiger partial charge on any atom is -0.317 e. The van der Waals surface area contributed by atoms with Gasteiger partial charge in [0.1, 0.15) is 10.0 Å². The zero-order valence-electron chi connectivity index (χ0n) is 10.7. The number of aryl methyl sites for hydroxylation is 1. The van der Waals surface area contributed by atoms with Crippen molar-refractivity contribution in [1.29, 1.82) is 0 Å². The van der Waals surface area contributed by atoms with Crippen LogP contribution in [0.4, 0.5) is 0 Å². The summed E-state index contributed by atoms with van der Waals surface area (Å²) in [6.07, 6.45) is 3.33. The molecule has 0 bridgehead atoms. The fraction of sp³-hybridized carbons (Fsp3) is 0.429. The van der Waals surface area contributed by atoms with E-state index in [1.54, 1.807) is 11.3 Å². The molecule has 0 saturated heterocycles. The first-order valence-electron chi connectivity index (χ1n) is 6.48. The second kappa shape index (κ2) is 7.24. The molecule has 0 amide bonds. The second-order valence-electron chi connectivity index (χ2n) is 4.22. The van der Waals surface area contributed by atoms with Gasteiger partial charge in [-0.15, -0.1) is 10.2 Å². The van der Waals surface area contributed by atoms with Gasteiger partial charge in [-0.25, -0.2) is 0 Å². The molecule has 0 saturated carbocycles. The van der Waals surface area contributed by atoms with Gasteiger partial charge in [-0.05, 0) is 25.9 Å². The number of nitrogens with zero attached hydrogens (tertiary/aromatic N) is 2. The van der Waals surface area contributed by atoms with Gasteiger partial charge in [-0.2, -0.15) is 0 Å². The number of hydrogen-bond acceptors (Lipinski definition) is 4. The van der Waals surface area contributed by atoms with Crippen molar-refractivity contribution in [3.05, 3.63) is 35.3 Å². The van der Waals surface area contributed by atoms with Gasteiger partial charge in [0.05, 0.1) is 0 Å². The van der Waals surface area contributed by atoms with E-state index in [4.69, 9.17) is 0 Å². The van der Waals surface area contributed by atoms with E-state index in [2.05, 4.69) is 34.6 Å². The summed E-state index contributed by atoms with van der Waals surface area (Å²) in [5.41, 5.74) is 1.16. The van der Waals surface area contributed by atoms with Crippen molar-refractivity contribution in [2.75, 3.05) is 13.1 Å². The molecule has 0 spiro atoms. The van der Waals surface area contributed by atoms with Gasteiger partial charge >= 0.3 is 0 Å². The van der Waals surface area contributed by atoms with E-state index in [-0.39, 0.29) is 0 Å². The molecule has 2 rings (SSSR count). The number of hydrogen-bond donors (Lipinski definition) is 1. The predicted molar refractivity (Wildman–Crippen MR) is 76.8 cm³/mol. The Hall–Kier alpha value is -1.26. The van der Waals surface area contributed by atoms with Crippen LogP contribution in [-0.2, 0) is 6.42 Å². The summed E-state index contributed by atoms with van der Waals surface area (Å²) in [4.78, 5) is 0. The molecule has 0 aliphatic carbocycles. The summed E-state index contributed by atoms with van der Waals surface area (Å²) < 4.78 is 0. The topological polar surface area (TPSA) is 37.8 Å². The third-order valence-corrected chi connectivity index (χ3v) is 3.69. The second-order valence-corrected chi connectivity index (χ2v) is 5.28. The van der Waals surface area contributed by atoms with Gasteiger partial charge in [-0.1, -0.05) is 48.6 Å². The van der Waals surface area contributed by atoms with Crippen LogP contribution in [0.25, 0.3) is 10.6 Å². The molecular weight excluding hydrogens is 242 g/mol. The summed E-state index contributed by atoms with van der Waals surface area (Å²) in [5, 5.41) is 14.1. The maximum Gasteiger partial charge on any atom is 0.147 e. The van der Waals surface area contributed by atoms with E-state index in [1.165, 1.54) is 6.42 Å². The molecule has 4 heteroatoms. The molecule has 1 aromatic carbocycles. The van der Waals surface area contributed by atoms with E-state index in [9.17, 15) is 0 Å². The van der Waals surface area contributed by atoms with E-state index < -0.39 is 0 Å². The highest BCUT2D eigenvalue weighted by atomic mass is 32.1. The van der Waals surface area contributed by atoms with Crippen LogP contribution >= 0.6 is 11.3 Å². The normalized spacial score (nSPS) is 10.7. The van der Waals surface area contributed by atoms with Crippen LogP contribution in [0.3, 0.4) is 0 Å². The first-order valence-corrected chi connectivity index (χ1v) is 7.30. The largest absolute Gasteiger partial charge is 0.317 e. The van der Waals surface area contributed by atoms with Crippen molar-refractivity contribution in [3.63, 3.8) is 0 Å². The van der Waals surface area contributed by atoms with Crippen LogP contribution in [0, 0.1) is 0 Å². The summed E-state index contributed by atoms with van der Waals surface area (Å²) >= 11 is 1.70. The number of rotatable bonds is 7. The van der Waals surface area contributed by atoms with Gasteiger partial charge in [0.2, 0.25) is 0 Å². The van der Waals surface area contributed by atoms with Crippen molar-refractivity contribution >= 4 is 11.3 Å². The summed E-state index contributed by atoms with van der Waals surface area (Å²) in [5.74, 6) is 0. The molecule has 1 N–H and O–H groups in total. The van der Waals surface area contributed by atoms with Crippen LogP contribution < -0.4 is 5.32 Å². The minimum atomic E-state index is 1.02. The fourth-order valence-electron chi connectivity index (χ4n) is 1.72. The van der Waals surface area contributed by atoms with Crippen molar-refractivity contribution in [2.45, 2.75) is 26.2 Å². The Morgan fingerprint density at radius 3 is 2.72 bits per heavy atom. The molecule has 96 valence electrons. The van der Waals surface area contributed by atoms with Crippen LogP contribution in [0.5, 0.6) is 0 Å². The Labute approximate surface area is 112 Å². The van der Waals surface area contributed by atoms with Crippen molar-refractivity contribution in [2.24, 2.45) is 0 Å². The Bertz CT molecular complexity index is 453. The first kappa shape index (κ1) is 13.2. The number of benzene rings is 1. The lowest BCUT2D eigenvalue weighted by molar-refractivity contribution is 0.637. The first-order chi connectivity index (χ1) is 8.90. The molecule has 18 heavy (non-hydrogen) atoms. The average molecular weight is 261 g/mol. The Morgan fingerprint density at radius 2 is 1.94 bits per heavy atom. The fourth-order valence-corrected chi connectivity index (χ4v) is 2.61. The minimum absolute atomic E-state index is 1.02. The predicted octanol–water partition coefficient (Wildman–Crippen LogP) is 3.14. The highest BCUT2D eigenvalue weighted by Crippen LogP contribution is 2.23. The quantitative estimate of drug-likeness (QED) is 0.778. The molecule has 0 radical (unpaired) electrons. The molecule has 1 aromatic heterocycles. The summed E-state index contributed by atoms with van der Waals surface area (Å²) in [6, 6.07) is 10.2. The van der Waals surface area contributed by atoms with Crippen molar-refractivity contribution < 1.29 is 0 Å². The third kappa shape index (κ3) is 3.89. The maximum absolute atomic E-state index is 4.25. The lowest BCUT2D eigenvalue weighted by atomic mass is 10.2. The van der Waals surface area contributed by atoms with Crippen molar-refractivity contribution in [1.82, 2.24) is 15.5 Å². The Kier molecular flexibility index (Phi) is 5.30. The molecule has 0 aliphatic rings. The van der Waals surface area contributed by atoms with Crippen LogP contribution in [0.2, 0.25) is 0 Å². The molecule has 0 unspecified atom stereocenters. The summed E-state index contributed by atoms with van der Waals surface area (Å²) in [7, 11) is 0. The number of nitrogens with one attached hydrogen (secondary N) is 1. The monoisotopic (exact) mass is 261 g/mol. The molecular formula is C14H19N3S. The zero-order chi connectivity index (χ0) is 12.6. The average Bonchev–Trinajstić information content (AvgIpc) is 2.88. The van der Waals surface area contributed by atoms with Gasteiger partial charge in [0.25, 0.3) is 0 Å². The molecule has 2 aromatic rings. The Morgan fingerprint density at radius 1 is 1.11 bits per heavy atom. The molecule has 1 heterocycles. The third-order valence-electron chi connectivity index (χ3n) is 2.66. The van der Waals surface area contributed by atoms with Crippen molar-refractivity contribution in [3.8, 4) is 10.6 Å². The highest BCUT2D eigenvalue weighted by molar-refractivity contribution is 7.14.